The molecule has 1 aromatic carbocycles. The van der Waals surface area contributed by atoms with Crippen molar-refractivity contribution in [1.29, 1.82) is 0 Å². The zero-order valence-corrected chi connectivity index (χ0v) is 10.7. The number of aryl methyl sites for hydroxylation is 2. The van der Waals surface area contributed by atoms with Crippen molar-refractivity contribution in [2.45, 2.75) is 25.7 Å². The average molecular weight is 228 g/mol. The molecule has 1 fully saturated rings. The first kappa shape index (κ1) is 10.8. The third-order valence-electron chi connectivity index (χ3n) is 3.99. The highest BCUT2D eigenvalue weighted by molar-refractivity contribution is 5.85. The van der Waals surface area contributed by atoms with Gasteiger partial charge in [-0.05, 0) is 48.6 Å². The molecular weight excluding hydrogens is 208 g/mol. The molecule has 2 nitrogen and oxygen atoms in total. The second-order valence-electron chi connectivity index (χ2n) is 5.09. The Labute approximate surface area is 103 Å². The largest absolute Gasteiger partial charge is 0.350 e. The van der Waals surface area contributed by atoms with Crippen molar-refractivity contribution in [3.63, 3.8) is 0 Å². The summed E-state index contributed by atoms with van der Waals surface area (Å²) in [5, 5.41) is 4.92. The fraction of sp³-hybridized carbons (Fsp3) is 0.467. The molecule has 1 saturated heterocycles. The molecule has 2 heterocycles. The predicted octanol–water partition coefficient (Wildman–Crippen LogP) is 2.82. The van der Waals surface area contributed by atoms with Gasteiger partial charge in [0.1, 0.15) is 0 Å². The Morgan fingerprint density at radius 2 is 2.29 bits per heavy atom. The van der Waals surface area contributed by atoms with E-state index in [1.807, 2.05) is 0 Å². The molecule has 3 rings (SSSR count). The molecule has 1 aliphatic heterocycles. The zero-order chi connectivity index (χ0) is 11.8. The molecule has 1 N–H and O–H groups in total. The van der Waals surface area contributed by atoms with Gasteiger partial charge in [-0.3, -0.25) is 0 Å². The van der Waals surface area contributed by atoms with Gasteiger partial charge in [0.05, 0.1) is 0 Å². The normalized spacial score (nSPS) is 20.2. The van der Waals surface area contributed by atoms with Crippen LogP contribution >= 0.6 is 0 Å². The van der Waals surface area contributed by atoms with Gasteiger partial charge in [0, 0.05) is 30.7 Å². The Balaban J connectivity index is 2.16. The topological polar surface area (TPSA) is 17.0 Å². The lowest BCUT2D eigenvalue weighted by molar-refractivity contribution is 0.763. The van der Waals surface area contributed by atoms with Gasteiger partial charge in [-0.2, -0.15) is 0 Å². The van der Waals surface area contributed by atoms with Crippen molar-refractivity contribution < 1.29 is 0 Å². The van der Waals surface area contributed by atoms with E-state index < -0.39 is 0 Å². The quantitative estimate of drug-likeness (QED) is 0.836. The minimum Gasteiger partial charge on any atom is -0.350 e. The molecule has 0 aliphatic carbocycles. The summed E-state index contributed by atoms with van der Waals surface area (Å²) >= 11 is 0. The van der Waals surface area contributed by atoms with Crippen LogP contribution in [0.4, 0.5) is 0 Å². The summed E-state index contributed by atoms with van der Waals surface area (Å²) in [5.41, 5.74) is 4.34. The number of nitrogens with zero attached hydrogens (tertiary/aromatic N) is 1. The maximum absolute atomic E-state index is 3.46. The average Bonchev–Trinajstić information content (AvgIpc) is 2.97. The minimum absolute atomic E-state index is 0.700. The number of nitrogens with one attached hydrogen (secondary N) is 1. The van der Waals surface area contributed by atoms with E-state index in [0.717, 1.165) is 19.5 Å². The Morgan fingerprint density at radius 1 is 1.41 bits per heavy atom. The van der Waals surface area contributed by atoms with Gasteiger partial charge >= 0.3 is 0 Å². The van der Waals surface area contributed by atoms with Crippen LogP contribution in [0.3, 0.4) is 0 Å². The summed E-state index contributed by atoms with van der Waals surface area (Å²) in [4.78, 5) is 0. The lowest BCUT2D eigenvalue weighted by atomic mass is 9.97. The van der Waals surface area contributed by atoms with Crippen LogP contribution in [0.1, 0.15) is 30.4 Å². The number of hydrogen-bond acceptors (Lipinski definition) is 1. The molecule has 0 spiro atoms. The van der Waals surface area contributed by atoms with Crippen LogP contribution in [-0.2, 0) is 13.5 Å². The number of aromatic nitrogens is 1. The number of rotatable bonds is 2. The highest BCUT2D eigenvalue weighted by atomic mass is 14.9. The van der Waals surface area contributed by atoms with Crippen molar-refractivity contribution in [2.75, 3.05) is 13.1 Å². The first-order valence-electron chi connectivity index (χ1n) is 6.58. The summed E-state index contributed by atoms with van der Waals surface area (Å²) < 4.78 is 2.27. The van der Waals surface area contributed by atoms with E-state index in [9.17, 15) is 0 Å². The Hall–Kier alpha value is -1.28. The van der Waals surface area contributed by atoms with Crippen LogP contribution in [0.25, 0.3) is 10.9 Å². The Bertz CT molecular complexity index is 533. The van der Waals surface area contributed by atoms with E-state index in [4.69, 9.17) is 0 Å². The maximum atomic E-state index is 3.46. The summed E-state index contributed by atoms with van der Waals surface area (Å²) in [5.74, 6) is 0.700. The summed E-state index contributed by atoms with van der Waals surface area (Å²) in [7, 11) is 2.15. The van der Waals surface area contributed by atoms with E-state index in [1.54, 1.807) is 0 Å². The molecule has 1 atom stereocenters. The molecule has 0 saturated carbocycles. The second kappa shape index (κ2) is 4.19. The first-order chi connectivity index (χ1) is 8.29. The van der Waals surface area contributed by atoms with Crippen LogP contribution in [0.5, 0.6) is 0 Å². The Kier molecular flexibility index (Phi) is 2.67. The second-order valence-corrected chi connectivity index (χ2v) is 5.09. The van der Waals surface area contributed by atoms with Gasteiger partial charge in [-0.25, -0.2) is 0 Å². The van der Waals surface area contributed by atoms with E-state index in [0.29, 0.717) is 5.92 Å². The number of hydrogen-bond donors (Lipinski definition) is 1. The highest BCUT2D eigenvalue weighted by Crippen LogP contribution is 2.31. The van der Waals surface area contributed by atoms with E-state index in [-0.39, 0.29) is 0 Å². The van der Waals surface area contributed by atoms with Crippen molar-refractivity contribution in [1.82, 2.24) is 9.88 Å². The van der Waals surface area contributed by atoms with Gasteiger partial charge in [0.15, 0.2) is 0 Å². The highest BCUT2D eigenvalue weighted by Gasteiger charge is 2.20. The number of benzene rings is 1. The Morgan fingerprint density at radius 3 is 3.00 bits per heavy atom. The predicted molar refractivity (Wildman–Crippen MR) is 72.5 cm³/mol. The van der Waals surface area contributed by atoms with Crippen LogP contribution in [-0.4, -0.2) is 17.7 Å². The van der Waals surface area contributed by atoms with Gasteiger partial charge in [-0.15, -0.1) is 0 Å². The molecule has 0 bridgehead atoms. The minimum atomic E-state index is 0.700. The third kappa shape index (κ3) is 1.77. The third-order valence-corrected chi connectivity index (χ3v) is 3.99. The first-order valence-corrected chi connectivity index (χ1v) is 6.58. The zero-order valence-electron chi connectivity index (χ0n) is 10.7. The van der Waals surface area contributed by atoms with Crippen LogP contribution in [0, 0.1) is 0 Å². The van der Waals surface area contributed by atoms with Crippen LogP contribution < -0.4 is 5.32 Å². The number of fused-ring (bicyclic) bond motifs is 1. The van der Waals surface area contributed by atoms with Gasteiger partial charge in [-0.1, -0.05) is 13.0 Å². The van der Waals surface area contributed by atoms with E-state index in [2.05, 4.69) is 48.3 Å². The summed E-state index contributed by atoms with van der Waals surface area (Å²) in [6.45, 7) is 4.52. The molecule has 17 heavy (non-hydrogen) atoms. The molecule has 90 valence electrons. The lowest BCUT2D eigenvalue weighted by Crippen LogP contribution is -2.07. The molecule has 0 radical (unpaired) electrons. The van der Waals surface area contributed by atoms with Gasteiger partial charge in [0.2, 0.25) is 0 Å². The molecule has 1 unspecified atom stereocenters. The molecule has 1 aromatic heterocycles. The van der Waals surface area contributed by atoms with Crippen molar-refractivity contribution in [3.05, 3.63) is 35.5 Å². The lowest BCUT2D eigenvalue weighted by Gasteiger charge is -2.07. The molecule has 0 amide bonds. The molecular formula is C15H20N2. The van der Waals surface area contributed by atoms with E-state index in [1.165, 1.54) is 28.5 Å². The fourth-order valence-corrected chi connectivity index (χ4v) is 2.94. The summed E-state index contributed by atoms with van der Waals surface area (Å²) in [6.07, 6.45) is 4.71. The monoisotopic (exact) mass is 228 g/mol. The molecule has 2 aromatic rings. The SMILES string of the molecule is CCc1ccc2c(c1)c(C1CCNC1)cn2C. The standard InChI is InChI=1S/C15H20N2/c1-3-11-4-5-15-13(8-11)14(10-17(15)2)12-6-7-16-9-12/h4-5,8,10,12,16H,3,6-7,9H2,1-2H3. The molecule has 1 aliphatic rings. The summed E-state index contributed by atoms with van der Waals surface area (Å²) in [6, 6.07) is 6.89. The van der Waals surface area contributed by atoms with Crippen LogP contribution in [0.15, 0.2) is 24.4 Å². The van der Waals surface area contributed by atoms with E-state index >= 15 is 0 Å². The maximum Gasteiger partial charge on any atom is 0.0480 e. The van der Waals surface area contributed by atoms with Crippen molar-refractivity contribution >= 4 is 10.9 Å². The molecule has 2 heteroatoms. The van der Waals surface area contributed by atoms with Crippen molar-refractivity contribution in [2.24, 2.45) is 7.05 Å². The van der Waals surface area contributed by atoms with Crippen LogP contribution in [0.2, 0.25) is 0 Å². The smallest absolute Gasteiger partial charge is 0.0480 e. The fourth-order valence-electron chi connectivity index (χ4n) is 2.94. The van der Waals surface area contributed by atoms with Gasteiger partial charge < -0.3 is 9.88 Å². The van der Waals surface area contributed by atoms with Crippen molar-refractivity contribution in [3.8, 4) is 0 Å². The van der Waals surface area contributed by atoms with Gasteiger partial charge in [0.25, 0.3) is 0 Å².